The Morgan fingerprint density at radius 3 is 2.00 bits per heavy atom. The monoisotopic (exact) mass is 164 g/mol. The minimum Gasteiger partial charge on any atom is -0.305 e. The van der Waals surface area contributed by atoms with Crippen molar-refractivity contribution < 1.29 is 0 Å². The van der Waals surface area contributed by atoms with E-state index in [2.05, 4.69) is 11.1 Å². The van der Waals surface area contributed by atoms with E-state index in [1.807, 2.05) is 0 Å². The van der Waals surface area contributed by atoms with Gasteiger partial charge in [-0.15, -0.1) is 0 Å². The molecular formula is C10H16N2. The predicted octanol–water partition coefficient (Wildman–Crippen LogP) is 2.26. The zero-order valence-electron chi connectivity index (χ0n) is 7.50. The third kappa shape index (κ3) is 1.55. The highest BCUT2D eigenvalue weighted by atomic mass is 15.2. The summed E-state index contributed by atoms with van der Waals surface area (Å²) in [5, 5.41) is 8.96. The summed E-state index contributed by atoms with van der Waals surface area (Å²) in [5.74, 6) is 0. The van der Waals surface area contributed by atoms with Gasteiger partial charge >= 0.3 is 0 Å². The van der Waals surface area contributed by atoms with Crippen LogP contribution in [0.1, 0.15) is 44.9 Å². The topological polar surface area (TPSA) is 27.0 Å². The van der Waals surface area contributed by atoms with E-state index in [1.54, 1.807) is 0 Å². The van der Waals surface area contributed by atoms with Crippen LogP contribution in [-0.4, -0.2) is 17.0 Å². The molecule has 2 nitrogen and oxygen atoms in total. The van der Waals surface area contributed by atoms with Crippen molar-refractivity contribution >= 4 is 0 Å². The van der Waals surface area contributed by atoms with Gasteiger partial charge in [-0.1, -0.05) is 19.3 Å². The van der Waals surface area contributed by atoms with Crippen LogP contribution in [0.3, 0.4) is 0 Å². The minimum atomic E-state index is 0.594. The molecule has 2 rings (SSSR count). The Bertz CT molecular complexity index is 185. The van der Waals surface area contributed by atoms with Crippen molar-refractivity contribution in [3.8, 4) is 6.19 Å². The molecular weight excluding hydrogens is 148 g/mol. The van der Waals surface area contributed by atoms with Crippen molar-refractivity contribution in [3.05, 3.63) is 0 Å². The fourth-order valence-corrected chi connectivity index (χ4v) is 2.17. The van der Waals surface area contributed by atoms with Gasteiger partial charge in [-0.05, 0) is 25.7 Å². The lowest BCUT2D eigenvalue weighted by atomic mass is 9.94. The summed E-state index contributed by atoms with van der Waals surface area (Å²) in [6, 6.07) is 1.22. The second-order valence-electron chi connectivity index (χ2n) is 4.03. The lowest BCUT2D eigenvalue weighted by Gasteiger charge is -2.29. The van der Waals surface area contributed by atoms with Crippen molar-refractivity contribution in [2.75, 3.05) is 0 Å². The number of hydrogen-bond acceptors (Lipinski definition) is 2. The molecule has 0 aromatic heterocycles. The summed E-state index contributed by atoms with van der Waals surface area (Å²) >= 11 is 0. The number of nitrogens with zero attached hydrogens (tertiary/aromatic N) is 2. The average Bonchev–Trinajstić information content (AvgIpc) is 2.92. The average molecular weight is 164 g/mol. The largest absolute Gasteiger partial charge is 0.305 e. The molecule has 0 radical (unpaired) electrons. The highest BCUT2D eigenvalue weighted by molar-refractivity contribution is 4.96. The molecule has 66 valence electrons. The van der Waals surface area contributed by atoms with Crippen LogP contribution in [0, 0.1) is 11.5 Å². The first-order valence-corrected chi connectivity index (χ1v) is 5.10. The molecule has 0 amide bonds. The van der Waals surface area contributed by atoms with Gasteiger partial charge in [-0.2, -0.15) is 5.26 Å². The van der Waals surface area contributed by atoms with E-state index in [9.17, 15) is 0 Å². The van der Waals surface area contributed by atoms with Crippen molar-refractivity contribution in [2.45, 2.75) is 57.0 Å². The Labute approximate surface area is 74.2 Å². The lowest BCUT2D eigenvalue weighted by Crippen LogP contribution is -2.34. The molecule has 0 saturated heterocycles. The second kappa shape index (κ2) is 3.35. The molecule has 2 aliphatic carbocycles. The first kappa shape index (κ1) is 7.91. The Kier molecular flexibility index (Phi) is 2.21. The molecule has 0 bridgehead atoms. The van der Waals surface area contributed by atoms with Gasteiger partial charge in [0, 0.05) is 12.1 Å². The zero-order chi connectivity index (χ0) is 8.39. The molecule has 0 atom stereocenters. The van der Waals surface area contributed by atoms with Crippen molar-refractivity contribution in [3.63, 3.8) is 0 Å². The molecule has 0 unspecified atom stereocenters. The van der Waals surface area contributed by atoms with E-state index in [0.29, 0.717) is 12.1 Å². The van der Waals surface area contributed by atoms with E-state index >= 15 is 0 Å². The van der Waals surface area contributed by atoms with Crippen LogP contribution in [-0.2, 0) is 0 Å². The predicted molar refractivity (Wildman–Crippen MR) is 47.3 cm³/mol. The fraction of sp³-hybridized carbons (Fsp3) is 0.900. The molecule has 0 N–H and O–H groups in total. The minimum absolute atomic E-state index is 0.594. The number of nitriles is 1. The highest BCUT2D eigenvalue weighted by Crippen LogP contribution is 2.32. The Morgan fingerprint density at radius 2 is 1.50 bits per heavy atom. The number of hydrogen-bond donors (Lipinski definition) is 0. The maximum Gasteiger partial charge on any atom is 0.179 e. The molecule has 2 fully saturated rings. The van der Waals surface area contributed by atoms with E-state index in [1.165, 1.54) is 44.9 Å². The van der Waals surface area contributed by atoms with Crippen LogP contribution in [0.25, 0.3) is 0 Å². The van der Waals surface area contributed by atoms with Gasteiger partial charge in [0.2, 0.25) is 0 Å². The quantitative estimate of drug-likeness (QED) is 0.462. The van der Waals surface area contributed by atoms with Gasteiger partial charge < -0.3 is 4.90 Å². The molecule has 0 heterocycles. The fourth-order valence-electron chi connectivity index (χ4n) is 2.17. The normalized spacial score (nSPS) is 24.9. The maximum atomic E-state index is 8.96. The molecule has 0 spiro atoms. The van der Waals surface area contributed by atoms with Crippen LogP contribution in [0.2, 0.25) is 0 Å². The van der Waals surface area contributed by atoms with E-state index in [4.69, 9.17) is 5.26 Å². The summed E-state index contributed by atoms with van der Waals surface area (Å²) in [6.07, 6.45) is 11.4. The van der Waals surface area contributed by atoms with E-state index in [0.717, 1.165) is 0 Å². The Morgan fingerprint density at radius 1 is 0.917 bits per heavy atom. The first-order chi connectivity index (χ1) is 5.92. The smallest absolute Gasteiger partial charge is 0.179 e. The van der Waals surface area contributed by atoms with Crippen molar-refractivity contribution in [1.82, 2.24) is 4.90 Å². The summed E-state index contributed by atoms with van der Waals surface area (Å²) in [4.78, 5) is 2.07. The van der Waals surface area contributed by atoms with Crippen molar-refractivity contribution in [1.29, 1.82) is 5.26 Å². The summed E-state index contributed by atoms with van der Waals surface area (Å²) < 4.78 is 0. The molecule has 12 heavy (non-hydrogen) atoms. The standard InChI is InChI=1S/C10H16N2/c11-8-12(10-6-7-10)9-4-2-1-3-5-9/h9-10H,1-7H2. The van der Waals surface area contributed by atoms with Gasteiger partial charge in [0.1, 0.15) is 0 Å². The first-order valence-electron chi connectivity index (χ1n) is 5.10. The van der Waals surface area contributed by atoms with Gasteiger partial charge in [-0.3, -0.25) is 0 Å². The SMILES string of the molecule is N#CN(C1CCCCC1)C1CC1. The third-order valence-electron chi connectivity index (χ3n) is 3.02. The van der Waals surface area contributed by atoms with Gasteiger partial charge in [-0.25, -0.2) is 0 Å². The second-order valence-corrected chi connectivity index (χ2v) is 4.03. The molecule has 2 aliphatic rings. The third-order valence-corrected chi connectivity index (χ3v) is 3.02. The van der Waals surface area contributed by atoms with E-state index in [-0.39, 0.29) is 0 Å². The van der Waals surface area contributed by atoms with Gasteiger partial charge in [0.05, 0.1) is 0 Å². The Balaban J connectivity index is 1.91. The molecule has 2 heteroatoms. The van der Waals surface area contributed by atoms with Gasteiger partial charge in [0.25, 0.3) is 0 Å². The van der Waals surface area contributed by atoms with Crippen LogP contribution in [0.5, 0.6) is 0 Å². The van der Waals surface area contributed by atoms with Crippen LogP contribution in [0.4, 0.5) is 0 Å². The molecule has 0 aromatic carbocycles. The molecule has 0 aromatic rings. The van der Waals surface area contributed by atoms with Crippen molar-refractivity contribution in [2.24, 2.45) is 0 Å². The summed E-state index contributed by atoms with van der Waals surface area (Å²) in [7, 11) is 0. The van der Waals surface area contributed by atoms with E-state index < -0.39 is 0 Å². The van der Waals surface area contributed by atoms with Crippen LogP contribution < -0.4 is 0 Å². The molecule has 0 aliphatic heterocycles. The molecule has 2 saturated carbocycles. The summed E-state index contributed by atoms with van der Waals surface area (Å²) in [6.45, 7) is 0. The highest BCUT2D eigenvalue weighted by Gasteiger charge is 2.33. The van der Waals surface area contributed by atoms with Gasteiger partial charge in [0.15, 0.2) is 6.19 Å². The summed E-state index contributed by atoms with van der Waals surface area (Å²) in [5.41, 5.74) is 0. The zero-order valence-corrected chi connectivity index (χ0v) is 7.50. The van der Waals surface area contributed by atoms with Crippen LogP contribution >= 0.6 is 0 Å². The van der Waals surface area contributed by atoms with Crippen LogP contribution in [0.15, 0.2) is 0 Å². The lowest BCUT2D eigenvalue weighted by molar-refractivity contribution is 0.220. The maximum absolute atomic E-state index is 8.96. The number of rotatable bonds is 2. The Hall–Kier alpha value is -0.710.